The third kappa shape index (κ3) is 4.07. The Morgan fingerprint density at radius 3 is 2.36 bits per heavy atom. The molecule has 0 fully saturated rings. The molecular formula is C16H14Cl2N2O2. The molecule has 0 aliphatic rings. The van der Waals surface area contributed by atoms with Crippen LogP contribution in [-0.2, 0) is 9.53 Å². The van der Waals surface area contributed by atoms with Gasteiger partial charge in [0.25, 0.3) is 5.91 Å². The van der Waals surface area contributed by atoms with Crippen LogP contribution < -0.4 is 5.43 Å². The van der Waals surface area contributed by atoms with Crippen LogP contribution in [0.25, 0.3) is 0 Å². The predicted molar refractivity (Wildman–Crippen MR) is 88.4 cm³/mol. The van der Waals surface area contributed by atoms with Crippen molar-refractivity contribution in [2.24, 2.45) is 5.10 Å². The van der Waals surface area contributed by atoms with Gasteiger partial charge in [-0.2, -0.15) is 5.10 Å². The van der Waals surface area contributed by atoms with Gasteiger partial charge in [-0.15, -0.1) is 0 Å². The number of hydrogen-bond acceptors (Lipinski definition) is 3. The van der Waals surface area contributed by atoms with Crippen LogP contribution in [0.2, 0.25) is 10.0 Å². The van der Waals surface area contributed by atoms with Crippen molar-refractivity contribution in [1.82, 2.24) is 5.43 Å². The third-order valence-electron chi connectivity index (χ3n) is 2.94. The average Bonchev–Trinajstić information content (AvgIpc) is 2.52. The summed E-state index contributed by atoms with van der Waals surface area (Å²) in [5, 5.41) is 4.79. The maximum absolute atomic E-state index is 12.1. The molecule has 22 heavy (non-hydrogen) atoms. The first-order valence-corrected chi connectivity index (χ1v) is 7.23. The summed E-state index contributed by atoms with van der Waals surface area (Å²) in [5.74, 6) is -0.381. The molecule has 0 saturated heterocycles. The highest BCUT2D eigenvalue weighted by atomic mass is 35.5. The lowest BCUT2D eigenvalue weighted by Gasteiger charge is -2.13. The quantitative estimate of drug-likeness (QED) is 0.666. The average molecular weight is 337 g/mol. The maximum Gasteiger partial charge on any atom is 0.273 e. The van der Waals surface area contributed by atoms with Gasteiger partial charge in [0.2, 0.25) is 0 Å². The fourth-order valence-electron chi connectivity index (χ4n) is 1.88. The number of hydrazone groups is 1. The van der Waals surface area contributed by atoms with Crippen molar-refractivity contribution in [1.29, 1.82) is 0 Å². The molecular weight excluding hydrogens is 323 g/mol. The number of nitrogens with one attached hydrogen (secondary N) is 1. The SMILES string of the molecule is CO[C@H](C(=O)N/N=C\c1c(Cl)cccc1Cl)c1ccccc1. The van der Waals surface area contributed by atoms with Gasteiger partial charge in [-0.05, 0) is 17.7 Å². The van der Waals surface area contributed by atoms with Crippen LogP contribution >= 0.6 is 23.2 Å². The summed E-state index contributed by atoms with van der Waals surface area (Å²) in [6.07, 6.45) is 0.667. The molecule has 6 heteroatoms. The lowest BCUT2D eigenvalue weighted by Crippen LogP contribution is -2.26. The smallest absolute Gasteiger partial charge is 0.273 e. The van der Waals surface area contributed by atoms with Crippen molar-refractivity contribution in [3.63, 3.8) is 0 Å². The zero-order valence-electron chi connectivity index (χ0n) is 11.8. The Kier molecular flexibility index (Phi) is 5.95. The molecule has 2 aromatic rings. The Balaban J connectivity index is 2.07. The van der Waals surface area contributed by atoms with Gasteiger partial charge in [-0.1, -0.05) is 59.6 Å². The minimum absolute atomic E-state index is 0.381. The standard InChI is InChI=1S/C16H14Cl2N2O2/c1-22-15(11-6-3-2-4-7-11)16(21)20-19-10-12-13(17)8-5-9-14(12)18/h2-10,15H,1H3,(H,20,21)/b19-10-/t15-/m0/s1. The number of benzene rings is 2. The van der Waals surface area contributed by atoms with Crippen molar-refractivity contribution < 1.29 is 9.53 Å². The molecule has 1 atom stereocenters. The fourth-order valence-corrected chi connectivity index (χ4v) is 2.37. The van der Waals surface area contributed by atoms with E-state index in [1.54, 1.807) is 18.2 Å². The Morgan fingerprint density at radius 2 is 1.77 bits per heavy atom. The third-order valence-corrected chi connectivity index (χ3v) is 3.60. The van der Waals surface area contributed by atoms with E-state index in [0.29, 0.717) is 15.6 Å². The van der Waals surface area contributed by atoms with E-state index in [4.69, 9.17) is 27.9 Å². The number of nitrogens with zero attached hydrogens (tertiary/aromatic N) is 1. The predicted octanol–water partition coefficient (Wildman–Crippen LogP) is 3.83. The highest BCUT2D eigenvalue weighted by Crippen LogP contribution is 2.22. The highest BCUT2D eigenvalue weighted by molar-refractivity contribution is 6.38. The van der Waals surface area contributed by atoms with E-state index >= 15 is 0 Å². The molecule has 1 N–H and O–H groups in total. The normalized spacial score (nSPS) is 12.3. The van der Waals surface area contributed by atoms with Gasteiger partial charge in [-0.25, -0.2) is 5.43 Å². The number of methoxy groups -OCH3 is 1. The number of carbonyl (C=O) groups is 1. The molecule has 0 spiro atoms. The van der Waals surface area contributed by atoms with Crippen LogP contribution in [0.3, 0.4) is 0 Å². The largest absolute Gasteiger partial charge is 0.367 e. The number of hydrogen-bond donors (Lipinski definition) is 1. The van der Waals surface area contributed by atoms with Crippen LogP contribution in [0.4, 0.5) is 0 Å². The molecule has 4 nitrogen and oxygen atoms in total. The Hall–Kier alpha value is -1.88. The second kappa shape index (κ2) is 7.94. The van der Waals surface area contributed by atoms with Crippen molar-refractivity contribution in [2.45, 2.75) is 6.10 Å². The number of rotatable bonds is 5. The molecule has 2 aromatic carbocycles. The molecule has 0 aromatic heterocycles. The number of halogens is 2. The Labute approximate surface area is 138 Å². The van der Waals surface area contributed by atoms with Crippen molar-refractivity contribution in [3.8, 4) is 0 Å². The molecule has 114 valence electrons. The maximum atomic E-state index is 12.1. The fraction of sp³-hybridized carbons (Fsp3) is 0.125. The number of amides is 1. The lowest BCUT2D eigenvalue weighted by atomic mass is 10.1. The lowest BCUT2D eigenvalue weighted by molar-refractivity contribution is -0.131. The minimum Gasteiger partial charge on any atom is -0.367 e. The van der Waals surface area contributed by atoms with Gasteiger partial charge in [0, 0.05) is 12.7 Å². The van der Waals surface area contributed by atoms with Crippen LogP contribution in [0.15, 0.2) is 53.6 Å². The molecule has 0 aliphatic heterocycles. The van der Waals surface area contributed by atoms with Gasteiger partial charge in [0.15, 0.2) is 6.10 Å². The second-order valence-corrected chi connectivity index (χ2v) is 5.21. The molecule has 0 radical (unpaired) electrons. The Morgan fingerprint density at radius 1 is 1.14 bits per heavy atom. The molecule has 2 rings (SSSR count). The van der Waals surface area contributed by atoms with Gasteiger partial charge in [0.1, 0.15) is 0 Å². The number of carbonyl (C=O) groups excluding carboxylic acids is 1. The van der Waals surface area contributed by atoms with E-state index in [9.17, 15) is 4.79 Å². The van der Waals surface area contributed by atoms with Crippen LogP contribution in [0, 0.1) is 0 Å². The van der Waals surface area contributed by atoms with E-state index in [1.807, 2.05) is 30.3 Å². The van der Waals surface area contributed by atoms with E-state index in [0.717, 1.165) is 5.56 Å². The van der Waals surface area contributed by atoms with Crippen LogP contribution in [0.5, 0.6) is 0 Å². The second-order valence-electron chi connectivity index (χ2n) is 4.40. The summed E-state index contributed by atoms with van der Waals surface area (Å²) in [7, 11) is 1.46. The molecule has 0 saturated carbocycles. The first-order valence-electron chi connectivity index (χ1n) is 6.48. The number of ether oxygens (including phenoxy) is 1. The molecule has 0 bridgehead atoms. The molecule has 1 amide bonds. The molecule has 0 unspecified atom stereocenters. The van der Waals surface area contributed by atoms with Crippen LogP contribution in [0.1, 0.15) is 17.2 Å². The van der Waals surface area contributed by atoms with Crippen molar-refractivity contribution in [3.05, 3.63) is 69.7 Å². The zero-order valence-corrected chi connectivity index (χ0v) is 13.3. The van der Waals surface area contributed by atoms with Gasteiger partial charge in [0.05, 0.1) is 16.3 Å². The monoisotopic (exact) mass is 336 g/mol. The highest BCUT2D eigenvalue weighted by Gasteiger charge is 2.19. The first-order chi connectivity index (χ1) is 10.6. The van der Waals surface area contributed by atoms with Crippen LogP contribution in [-0.4, -0.2) is 19.2 Å². The molecule has 0 heterocycles. The van der Waals surface area contributed by atoms with E-state index in [2.05, 4.69) is 10.5 Å². The molecule has 0 aliphatic carbocycles. The topological polar surface area (TPSA) is 50.7 Å². The first kappa shape index (κ1) is 16.5. The zero-order chi connectivity index (χ0) is 15.9. The van der Waals surface area contributed by atoms with E-state index in [-0.39, 0.29) is 5.91 Å². The van der Waals surface area contributed by atoms with E-state index in [1.165, 1.54) is 13.3 Å². The summed E-state index contributed by atoms with van der Waals surface area (Å²) < 4.78 is 5.21. The van der Waals surface area contributed by atoms with Gasteiger partial charge >= 0.3 is 0 Å². The van der Waals surface area contributed by atoms with E-state index < -0.39 is 6.10 Å². The summed E-state index contributed by atoms with van der Waals surface area (Å²) in [4.78, 5) is 12.1. The summed E-state index contributed by atoms with van der Waals surface area (Å²) >= 11 is 12.0. The van der Waals surface area contributed by atoms with Gasteiger partial charge < -0.3 is 4.74 Å². The van der Waals surface area contributed by atoms with Gasteiger partial charge in [-0.3, -0.25) is 4.79 Å². The Bertz CT molecular complexity index is 655. The summed E-state index contributed by atoms with van der Waals surface area (Å²) in [6, 6.07) is 14.3. The minimum atomic E-state index is -0.736. The van der Waals surface area contributed by atoms with Crippen molar-refractivity contribution >= 4 is 35.3 Å². The summed E-state index contributed by atoms with van der Waals surface area (Å²) in [5.41, 5.74) is 3.71. The summed E-state index contributed by atoms with van der Waals surface area (Å²) in [6.45, 7) is 0. The van der Waals surface area contributed by atoms with Crippen molar-refractivity contribution in [2.75, 3.05) is 7.11 Å².